The molecule has 0 aliphatic heterocycles. The van der Waals surface area contributed by atoms with Crippen LogP contribution < -0.4 is 5.32 Å². The third kappa shape index (κ3) is 3.59. The van der Waals surface area contributed by atoms with E-state index in [-0.39, 0.29) is 23.8 Å². The molecule has 0 spiro atoms. The van der Waals surface area contributed by atoms with Crippen LogP contribution in [-0.2, 0) is 9.47 Å². The Morgan fingerprint density at radius 2 is 1.71 bits per heavy atom. The first-order chi connectivity index (χ1) is 8.10. The maximum absolute atomic E-state index is 9.68. The first-order valence-corrected chi connectivity index (χ1v) is 5.40. The van der Waals surface area contributed by atoms with Crippen LogP contribution in [0.3, 0.4) is 0 Å². The molecule has 96 valence electrons. The number of benzene rings is 1. The SMILES string of the molecule is COC(CNC(C)c1c(O)cccc1O)OC. The van der Waals surface area contributed by atoms with E-state index in [4.69, 9.17) is 9.47 Å². The van der Waals surface area contributed by atoms with Crippen molar-refractivity contribution in [1.29, 1.82) is 0 Å². The average Bonchev–Trinajstić information content (AvgIpc) is 2.30. The highest BCUT2D eigenvalue weighted by atomic mass is 16.7. The number of rotatable bonds is 6. The molecule has 0 aliphatic carbocycles. The quantitative estimate of drug-likeness (QED) is 0.656. The molecule has 0 fully saturated rings. The Labute approximate surface area is 101 Å². The highest BCUT2D eigenvalue weighted by molar-refractivity contribution is 5.44. The van der Waals surface area contributed by atoms with E-state index in [1.54, 1.807) is 20.3 Å². The molecule has 5 heteroatoms. The molecule has 0 saturated heterocycles. The maximum atomic E-state index is 9.68. The summed E-state index contributed by atoms with van der Waals surface area (Å²) in [6, 6.07) is 4.46. The Morgan fingerprint density at radius 1 is 1.18 bits per heavy atom. The Balaban J connectivity index is 2.66. The van der Waals surface area contributed by atoms with E-state index in [9.17, 15) is 10.2 Å². The van der Waals surface area contributed by atoms with E-state index in [0.717, 1.165) is 0 Å². The van der Waals surface area contributed by atoms with Crippen LogP contribution in [0.25, 0.3) is 0 Å². The molecule has 1 atom stereocenters. The smallest absolute Gasteiger partial charge is 0.169 e. The predicted molar refractivity (Wildman–Crippen MR) is 64.0 cm³/mol. The van der Waals surface area contributed by atoms with E-state index < -0.39 is 0 Å². The standard InChI is InChI=1S/C12H19NO4/c1-8(13-7-11(16-2)17-3)12-9(14)5-4-6-10(12)15/h4-6,8,11,13-15H,7H2,1-3H3. The minimum atomic E-state index is -0.356. The Morgan fingerprint density at radius 3 is 2.18 bits per heavy atom. The van der Waals surface area contributed by atoms with Crippen molar-refractivity contribution in [3.8, 4) is 11.5 Å². The van der Waals surface area contributed by atoms with Gasteiger partial charge in [-0.15, -0.1) is 0 Å². The van der Waals surface area contributed by atoms with Crippen LogP contribution in [-0.4, -0.2) is 37.3 Å². The lowest BCUT2D eigenvalue weighted by Crippen LogP contribution is -2.31. The van der Waals surface area contributed by atoms with Crippen molar-refractivity contribution in [2.24, 2.45) is 0 Å². The van der Waals surface area contributed by atoms with Crippen molar-refractivity contribution in [3.63, 3.8) is 0 Å². The molecule has 5 nitrogen and oxygen atoms in total. The molecule has 0 saturated carbocycles. The summed E-state index contributed by atoms with van der Waals surface area (Å²) in [6.45, 7) is 2.30. The van der Waals surface area contributed by atoms with Crippen LogP contribution in [0, 0.1) is 0 Å². The fourth-order valence-electron chi connectivity index (χ4n) is 1.62. The van der Waals surface area contributed by atoms with Crippen molar-refractivity contribution in [2.75, 3.05) is 20.8 Å². The second kappa shape index (κ2) is 6.44. The second-order valence-electron chi connectivity index (χ2n) is 3.74. The van der Waals surface area contributed by atoms with Gasteiger partial charge in [-0.1, -0.05) is 6.07 Å². The molecule has 1 rings (SSSR count). The maximum Gasteiger partial charge on any atom is 0.169 e. The monoisotopic (exact) mass is 241 g/mol. The van der Waals surface area contributed by atoms with E-state index in [1.807, 2.05) is 6.92 Å². The number of hydrogen-bond acceptors (Lipinski definition) is 5. The van der Waals surface area contributed by atoms with Crippen LogP contribution in [0.15, 0.2) is 18.2 Å². The van der Waals surface area contributed by atoms with Gasteiger partial charge in [0.25, 0.3) is 0 Å². The molecule has 0 bridgehead atoms. The van der Waals surface area contributed by atoms with Gasteiger partial charge >= 0.3 is 0 Å². The summed E-state index contributed by atoms with van der Waals surface area (Å²) in [5, 5.41) is 22.5. The molecule has 0 radical (unpaired) electrons. The van der Waals surface area contributed by atoms with Gasteiger partial charge in [-0.25, -0.2) is 0 Å². The highest BCUT2D eigenvalue weighted by Crippen LogP contribution is 2.31. The number of hydrogen-bond donors (Lipinski definition) is 3. The molecule has 3 N–H and O–H groups in total. The zero-order valence-electron chi connectivity index (χ0n) is 10.3. The van der Waals surface area contributed by atoms with Gasteiger partial charge in [0.2, 0.25) is 0 Å². The molecule has 1 aromatic rings. The van der Waals surface area contributed by atoms with Crippen molar-refractivity contribution in [3.05, 3.63) is 23.8 Å². The lowest BCUT2D eigenvalue weighted by molar-refractivity contribution is -0.0997. The number of phenols is 2. The van der Waals surface area contributed by atoms with Crippen LogP contribution >= 0.6 is 0 Å². The molecular weight excluding hydrogens is 222 g/mol. The third-order valence-electron chi connectivity index (χ3n) is 2.61. The lowest BCUT2D eigenvalue weighted by Gasteiger charge is -2.20. The van der Waals surface area contributed by atoms with Gasteiger partial charge in [-0.05, 0) is 19.1 Å². The summed E-state index contributed by atoms with van der Waals surface area (Å²) in [5.41, 5.74) is 0.471. The molecule has 0 amide bonds. The fourth-order valence-corrected chi connectivity index (χ4v) is 1.62. The molecule has 0 aromatic heterocycles. The van der Waals surface area contributed by atoms with Crippen molar-refractivity contribution >= 4 is 0 Å². The van der Waals surface area contributed by atoms with Crippen LogP contribution in [0.5, 0.6) is 11.5 Å². The van der Waals surface area contributed by atoms with Gasteiger partial charge in [-0.3, -0.25) is 0 Å². The van der Waals surface area contributed by atoms with E-state index in [2.05, 4.69) is 5.32 Å². The van der Waals surface area contributed by atoms with Gasteiger partial charge in [0, 0.05) is 26.8 Å². The van der Waals surface area contributed by atoms with Gasteiger partial charge in [-0.2, -0.15) is 0 Å². The average molecular weight is 241 g/mol. The fraction of sp³-hybridized carbons (Fsp3) is 0.500. The summed E-state index contributed by atoms with van der Waals surface area (Å²) >= 11 is 0. The van der Waals surface area contributed by atoms with Crippen molar-refractivity contribution in [2.45, 2.75) is 19.3 Å². The summed E-state index contributed by atoms with van der Waals surface area (Å²) in [5.74, 6) is 0.132. The zero-order chi connectivity index (χ0) is 12.8. The topological polar surface area (TPSA) is 71.0 Å². The van der Waals surface area contributed by atoms with Gasteiger partial charge < -0.3 is 25.0 Å². The van der Waals surface area contributed by atoms with Crippen molar-refractivity contribution in [1.82, 2.24) is 5.32 Å². The first-order valence-electron chi connectivity index (χ1n) is 5.40. The van der Waals surface area contributed by atoms with E-state index in [0.29, 0.717) is 12.1 Å². The summed E-state index contributed by atoms with van der Waals surface area (Å²) in [7, 11) is 3.11. The Kier molecular flexibility index (Phi) is 5.21. The predicted octanol–water partition coefficient (Wildman–Crippen LogP) is 1.37. The number of nitrogens with one attached hydrogen (secondary N) is 1. The number of phenolic OH excluding ortho intramolecular Hbond substituents is 2. The minimum absolute atomic E-state index is 0.0661. The van der Waals surface area contributed by atoms with Crippen LogP contribution in [0.4, 0.5) is 0 Å². The molecule has 1 unspecified atom stereocenters. The van der Waals surface area contributed by atoms with Crippen LogP contribution in [0.1, 0.15) is 18.5 Å². The van der Waals surface area contributed by atoms with E-state index >= 15 is 0 Å². The van der Waals surface area contributed by atoms with Gasteiger partial charge in [0.1, 0.15) is 11.5 Å². The summed E-state index contributed by atoms with van der Waals surface area (Å²) in [6.07, 6.45) is -0.356. The molecule has 17 heavy (non-hydrogen) atoms. The first kappa shape index (κ1) is 13.8. The summed E-state index contributed by atoms with van der Waals surface area (Å²) < 4.78 is 10.1. The Bertz CT molecular complexity index is 332. The molecular formula is C12H19NO4. The molecule has 0 aliphatic rings. The van der Waals surface area contributed by atoms with Gasteiger partial charge in [0.05, 0.1) is 5.56 Å². The second-order valence-corrected chi connectivity index (χ2v) is 3.74. The number of methoxy groups -OCH3 is 2. The number of aromatic hydroxyl groups is 2. The van der Waals surface area contributed by atoms with Crippen molar-refractivity contribution < 1.29 is 19.7 Å². The zero-order valence-corrected chi connectivity index (χ0v) is 10.3. The molecule has 0 heterocycles. The normalized spacial score (nSPS) is 12.9. The highest BCUT2D eigenvalue weighted by Gasteiger charge is 2.16. The minimum Gasteiger partial charge on any atom is -0.507 e. The third-order valence-corrected chi connectivity index (χ3v) is 2.61. The van der Waals surface area contributed by atoms with E-state index in [1.165, 1.54) is 12.1 Å². The summed E-state index contributed by atoms with van der Waals surface area (Å²) in [4.78, 5) is 0. The Hall–Kier alpha value is -1.30. The number of ether oxygens (including phenoxy) is 2. The van der Waals surface area contributed by atoms with Gasteiger partial charge in [0.15, 0.2) is 6.29 Å². The molecule has 1 aromatic carbocycles. The largest absolute Gasteiger partial charge is 0.507 e. The lowest BCUT2D eigenvalue weighted by atomic mass is 10.1. The van der Waals surface area contributed by atoms with Crippen LogP contribution in [0.2, 0.25) is 0 Å².